The molecule has 1 aromatic carbocycles. The van der Waals surface area contributed by atoms with Crippen molar-refractivity contribution >= 4 is 35.7 Å². The maximum absolute atomic E-state index is 12.1. The van der Waals surface area contributed by atoms with Gasteiger partial charge in [0.1, 0.15) is 6.04 Å². The maximum atomic E-state index is 12.1. The summed E-state index contributed by atoms with van der Waals surface area (Å²) in [7, 11) is 0. The Kier molecular flexibility index (Phi) is 11.8. The highest BCUT2D eigenvalue weighted by molar-refractivity contribution is 5.89. The molecule has 12 heteroatoms. The standard InChI is InChI=1S/C21H30N4O8/c1-13-5-7-14(8-6-13)23-20(32)22-11-3-2-4-15(12-18(28)29)24-21(33)25-16(19(30)31)9-10-17(26)27/h5-8,15-16H,2-4,9-12H2,1H3,(H,26,27)(H,28,29)(H,30,31)(H2,22,23,32)(H2,24,25,33)/t15-,16-/m0/s1. The molecule has 1 rings (SSSR count). The second-order valence-corrected chi connectivity index (χ2v) is 7.48. The number of carboxylic acids is 3. The number of carbonyl (C=O) groups excluding carboxylic acids is 2. The largest absolute Gasteiger partial charge is 0.481 e. The van der Waals surface area contributed by atoms with Gasteiger partial charge >= 0.3 is 30.0 Å². The summed E-state index contributed by atoms with van der Waals surface area (Å²) in [5, 5.41) is 36.7. The Morgan fingerprint density at radius 2 is 1.52 bits per heavy atom. The van der Waals surface area contributed by atoms with Crippen molar-refractivity contribution in [2.75, 3.05) is 11.9 Å². The van der Waals surface area contributed by atoms with Crippen LogP contribution in [0.2, 0.25) is 0 Å². The van der Waals surface area contributed by atoms with E-state index in [-0.39, 0.29) is 25.3 Å². The third-order valence-corrected chi connectivity index (χ3v) is 4.58. The number of hydrogen-bond acceptors (Lipinski definition) is 5. The summed E-state index contributed by atoms with van der Waals surface area (Å²) in [6, 6.07) is 3.84. The molecule has 0 saturated heterocycles. The van der Waals surface area contributed by atoms with Gasteiger partial charge < -0.3 is 36.6 Å². The summed E-state index contributed by atoms with van der Waals surface area (Å²) in [5.41, 5.74) is 1.72. The van der Waals surface area contributed by atoms with E-state index in [2.05, 4.69) is 21.3 Å². The summed E-state index contributed by atoms with van der Waals surface area (Å²) >= 11 is 0. The number of aryl methyl sites for hydroxylation is 1. The van der Waals surface area contributed by atoms with Gasteiger partial charge in [0.2, 0.25) is 0 Å². The van der Waals surface area contributed by atoms with E-state index in [1.807, 2.05) is 19.1 Å². The summed E-state index contributed by atoms with van der Waals surface area (Å²) in [5.74, 6) is -3.74. The summed E-state index contributed by atoms with van der Waals surface area (Å²) in [6.45, 7) is 2.27. The van der Waals surface area contributed by atoms with Crippen molar-refractivity contribution in [3.05, 3.63) is 29.8 Å². The zero-order chi connectivity index (χ0) is 24.8. The van der Waals surface area contributed by atoms with E-state index in [9.17, 15) is 24.0 Å². The van der Waals surface area contributed by atoms with Crippen LogP contribution in [0.25, 0.3) is 0 Å². The second kappa shape index (κ2) is 14.3. The Bertz CT molecular complexity index is 828. The minimum Gasteiger partial charge on any atom is -0.481 e. The number of rotatable bonds is 14. The lowest BCUT2D eigenvalue weighted by molar-refractivity contribution is -0.141. The van der Waals surface area contributed by atoms with Gasteiger partial charge in [-0.1, -0.05) is 17.7 Å². The van der Waals surface area contributed by atoms with Gasteiger partial charge in [0.05, 0.1) is 6.42 Å². The third-order valence-electron chi connectivity index (χ3n) is 4.58. The van der Waals surface area contributed by atoms with E-state index in [1.165, 1.54) is 0 Å². The molecule has 0 unspecified atom stereocenters. The molecular weight excluding hydrogens is 436 g/mol. The van der Waals surface area contributed by atoms with Gasteiger partial charge in [-0.25, -0.2) is 14.4 Å². The van der Waals surface area contributed by atoms with E-state index in [4.69, 9.17) is 15.3 Å². The van der Waals surface area contributed by atoms with Crippen LogP contribution in [-0.4, -0.2) is 63.9 Å². The van der Waals surface area contributed by atoms with Crippen molar-refractivity contribution in [3.8, 4) is 0 Å². The van der Waals surface area contributed by atoms with Gasteiger partial charge in [0.25, 0.3) is 0 Å². The zero-order valence-corrected chi connectivity index (χ0v) is 18.3. The fourth-order valence-corrected chi connectivity index (χ4v) is 2.88. The van der Waals surface area contributed by atoms with Crippen molar-refractivity contribution in [1.29, 1.82) is 0 Å². The average molecular weight is 466 g/mol. The number of amides is 4. The number of aliphatic carboxylic acids is 3. The van der Waals surface area contributed by atoms with E-state index >= 15 is 0 Å². The quantitative estimate of drug-likeness (QED) is 0.201. The fourth-order valence-electron chi connectivity index (χ4n) is 2.88. The Balaban J connectivity index is 2.41. The average Bonchev–Trinajstić information content (AvgIpc) is 2.71. The molecule has 12 nitrogen and oxygen atoms in total. The molecule has 2 atom stereocenters. The van der Waals surface area contributed by atoms with Crippen molar-refractivity contribution in [1.82, 2.24) is 16.0 Å². The molecule has 0 aliphatic carbocycles. The molecule has 0 heterocycles. The number of carboxylic acid groups (broad SMARTS) is 3. The molecular formula is C21H30N4O8. The van der Waals surface area contributed by atoms with Crippen LogP contribution in [0.15, 0.2) is 24.3 Å². The van der Waals surface area contributed by atoms with E-state index < -0.39 is 42.4 Å². The van der Waals surface area contributed by atoms with Gasteiger partial charge in [-0.3, -0.25) is 9.59 Å². The topological polar surface area (TPSA) is 194 Å². The molecule has 182 valence electrons. The molecule has 0 saturated carbocycles. The smallest absolute Gasteiger partial charge is 0.326 e. The molecule has 33 heavy (non-hydrogen) atoms. The first-order valence-corrected chi connectivity index (χ1v) is 10.4. The first-order chi connectivity index (χ1) is 15.6. The van der Waals surface area contributed by atoms with Gasteiger partial charge in [0, 0.05) is 24.7 Å². The summed E-state index contributed by atoms with van der Waals surface area (Å²) in [4.78, 5) is 56.8. The number of carbonyl (C=O) groups is 5. The fraction of sp³-hybridized carbons (Fsp3) is 0.476. The van der Waals surface area contributed by atoms with Gasteiger partial charge in [-0.05, 0) is 44.7 Å². The second-order valence-electron chi connectivity index (χ2n) is 7.48. The molecule has 0 bridgehead atoms. The molecule has 0 aliphatic heterocycles. The highest BCUT2D eigenvalue weighted by Crippen LogP contribution is 2.09. The summed E-state index contributed by atoms with van der Waals surface area (Å²) < 4.78 is 0. The first-order valence-electron chi connectivity index (χ1n) is 10.4. The van der Waals surface area contributed by atoms with E-state index in [0.717, 1.165) is 5.56 Å². The number of benzene rings is 1. The van der Waals surface area contributed by atoms with Crippen molar-refractivity contribution in [2.45, 2.75) is 57.5 Å². The minimum atomic E-state index is -1.41. The minimum absolute atomic E-state index is 0.286. The Morgan fingerprint density at radius 1 is 0.848 bits per heavy atom. The Morgan fingerprint density at radius 3 is 2.09 bits per heavy atom. The van der Waals surface area contributed by atoms with Crippen molar-refractivity contribution in [2.24, 2.45) is 0 Å². The molecule has 4 amide bonds. The first kappa shape index (κ1) is 27.2. The number of anilines is 1. The molecule has 7 N–H and O–H groups in total. The summed E-state index contributed by atoms with van der Waals surface area (Å²) in [6.07, 6.45) is 0.176. The predicted octanol–water partition coefficient (Wildman–Crippen LogP) is 1.75. The van der Waals surface area contributed by atoms with Crippen LogP contribution in [0.4, 0.5) is 15.3 Å². The van der Waals surface area contributed by atoms with Crippen LogP contribution in [0.5, 0.6) is 0 Å². The van der Waals surface area contributed by atoms with Crippen LogP contribution in [-0.2, 0) is 14.4 Å². The molecule has 1 aromatic rings. The van der Waals surface area contributed by atoms with Crippen LogP contribution >= 0.6 is 0 Å². The number of nitrogens with one attached hydrogen (secondary N) is 4. The van der Waals surface area contributed by atoms with E-state index in [1.54, 1.807) is 12.1 Å². The van der Waals surface area contributed by atoms with Crippen LogP contribution in [0.3, 0.4) is 0 Å². The Hall–Kier alpha value is -3.83. The van der Waals surface area contributed by atoms with Gasteiger partial charge in [-0.15, -0.1) is 0 Å². The number of urea groups is 2. The molecule has 0 radical (unpaired) electrons. The van der Waals surface area contributed by atoms with E-state index in [0.29, 0.717) is 25.1 Å². The molecule has 0 aliphatic rings. The van der Waals surface area contributed by atoms with Crippen LogP contribution in [0, 0.1) is 6.92 Å². The molecule has 0 fully saturated rings. The molecule has 0 spiro atoms. The van der Waals surface area contributed by atoms with Crippen LogP contribution in [0.1, 0.15) is 44.1 Å². The lowest BCUT2D eigenvalue weighted by Crippen LogP contribution is -2.49. The van der Waals surface area contributed by atoms with Gasteiger partial charge in [0.15, 0.2) is 0 Å². The lowest BCUT2D eigenvalue weighted by Gasteiger charge is -2.20. The lowest BCUT2D eigenvalue weighted by atomic mass is 10.1. The number of unbranched alkanes of at least 4 members (excludes halogenated alkanes) is 1. The monoisotopic (exact) mass is 466 g/mol. The van der Waals surface area contributed by atoms with Crippen molar-refractivity contribution in [3.63, 3.8) is 0 Å². The SMILES string of the molecule is Cc1ccc(NC(=O)NCCCC[C@@H](CC(=O)O)NC(=O)N[C@@H](CCC(=O)O)C(=O)O)cc1. The predicted molar refractivity (Wildman–Crippen MR) is 118 cm³/mol. The maximum Gasteiger partial charge on any atom is 0.326 e. The molecule has 0 aromatic heterocycles. The normalized spacial score (nSPS) is 12.2. The highest BCUT2D eigenvalue weighted by Gasteiger charge is 2.23. The van der Waals surface area contributed by atoms with Gasteiger partial charge in [-0.2, -0.15) is 0 Å². The third kappa shape index (κ3) is 12.6. The zero-order valence-electron chi connectivity index (χ0n) is 18.3. The highest BCUT2D eigenvalue weighted by atomic mass is 16.4. The number of hydrogen-bond donors (Lipinski definition) is 7. The Labute approximate surface area is 190 Å². The van der Waals surface area contributed by atoms with Crippen LogP contribution < -0.4 is 21.3 Å². The van der Waals surface area contributed by atoms with Crippen molar-refractivity contribution < 1.29 is 39.3 Å².